The third-order valence-corrected chi connectivity index (χ3v) is 8.25. The summed E-state index contributed by atoms with van der Waals surface area (Å²) in [5.41, 5.74) is 4.76. The summed E-state index contributed by atoms with van der Waals surface area (Å²) in [6.07, 6.45) is 9.01. The number of benzene rings is 2. The molecule has 1 aromatic heterocycles. The lowest BCUT2D eigenvalue weighted by atomic mass is 9.80. The van der Waals surface area contributed by atoms with Gasteiger partial charge in [-0.25, -0.2) is 0 Å². The molecule has 5 heteroatoms. The molecule has 2 aromatic carbocycles. The van der Waals surface area contributed by atoms with Crippen molar-refractivity contribution in [2.24, 2.45) is 23.7 Å². The summed E-state index contributed by atoms with van der Waals surface area (Å²) in [6, 6.07) is 16.2. The van der Waals surface area contributed by atoms with Gasteiger partial charge in [-0.1, -0.05) is 57.7 Å². The summed E-state index contributed by atoms with van der Waals surface area (Å²) >= 11 is 0. The van der Waals surface area contributed by atoms with Crippen LogP contribution in [-0.4, -0.2) is 16.8 Å². The molecule has 2 saturated carbocycles. The quantitative estimate of drug-likeness (QED) is 0.363. The Morgan fingerprint density at radius 1 is 0.714 bits per heavy atom. The molecule has 2 aliphatic rings. The number of aromatic nitrogens is 1. The Kier molecular flexibility index (Phi) is 6.94. The number of hydrogen-bond acceptors (Lipinski definition) is 2. The van der Waals surface area contributed by atoms with Gasteiger partial charge in [0.15, 0.2) is 0 Å². The zero-order valence-electron chi connectivity index (χ0n) is 20.9. The van der Waals surface area contributed by atoms with Crippen LogP contribution >= 0.6 is 0 Å². The molecule has 0 bridgehead atoms. The Balaban J connectivity index is 1.26. The van der Waals surface area contributed by atoms with Crippen molar-refractivity contribution in [2.45, 2.75) is 65.2 Å². The highest BCUT2D eigenvalue weighted by Crippen LogP contribution is 2.33. The molecule has 1 heterocycles. The van der Waals surface area contributed by atoms with Crippen molar-refractivity contribution in [3.63, 3.8) is 0 Å². The first-order chi connectivity index (χ1) is 17.0. The first-order valence-electron chi connectivity index (χ1n) is 13.3. The van der Waals surface area contributed by atoms with Crippen molar-refractivity contribution < 1.29 is 9.59 Å². The molecule has 35 heavy (non-hydrogen) atoms. The Morgan fingerprint density at radius 2 is 1.26 bits per heavy atom. The molecule has 2 amide bonds. The number of rotatable bonds is 5. The van der Waals surface area contributed by atoms with Crippen molar-refractivity contribution in [3.8, 4) is 11.3 Å². The zero-order valence-corrected chi connectivity index (χ0v) is 20.9. The highest BCUT2D eigenvalue weighted by Gasteiger charge is 2.28. The van der Waals surface area contributed by atoms with E-state index >= 15 is 0 Å². The van der Waals surface area contributed by atoms with E-state index in [4.69, 9.17) is 0 Å². The molecule has 5 rings (SSSR count). The molecule has 184 valence electrons. The molecule has 3 aromatic rings. The molecular formula is C30H37N3O2. The average molecular weight is 472 g/mol. The molecule has 0 saturated heterocycles. The number of hydrogen-bond donors (Lipinski definition) is 3. The predicted molar refractivity (Wildman–Crippen MR) is 143 cm³/mol. The Labute approximate surface area is 208 Å². The Bertz CT molecular complexity index is 1200. The van der Waals surface area contributed by atoms with Crippen molar-refractivity contribution in [3.05, 3.63) is 48.5 Å². The van der Waals surface area contributed by atoms with E-state index in [0.29, 0.717) is 11.8 Å². The van der Waals surface area contributed by atoms with Crippen LogP contribution in [0.1, 0.15) is 65.2 Å². The molecule has 2 aliphatic carbocycles. The van der Waals surface area contributed by atoms with Crippen LogP contribution in [0.15, 0.2) is 48.5 Å². The smallest absolute Gasteiger partial charge is 0.227 e. The van der Waals surface area contributed by atoms with Crippen molar-refractivity contribution in [1.82, 2.24) is 4.98 Å². The molecule has 0 radical (unpaired) electrons. The van der Waals surface area contributed by atoms with E-state index < -0.39 is 0 Å². The second-order valence-corrected chi connectivity index (χ2v) is 10.8. The number of amides is 2. The van der Waals surface area contributed by atoms with Crippen molar-refractivity contribution >= 4 is 34.1 Å². The summed E-state index contributed by atoms with van der Waals surface area (Å²) < 4.78 is 0. The van der Waals surface area contributed by atoms with Crippen LogP contribution in [-0.2, 0) is 9.59 Å². The lowest BCUT2D eigenvalue weighted by Crippen LogP contribution is -2.30. The van der Waals surface area contributed by atoms with Crippen LogP contribution < -0.4 is 10.6 Å². The maximum Gasteiger partial charge on any atom is 0.227 e. The van der Waals surface area contributed by atoms with Gasteiger partial charge in [0.2, 0.25) is 11.8 Å². The number of nitrogens with one attached hydrogen (secondary N) is 3. The van der Waals surface area contributed by atoms with Gasteiger partial charge in [0.05, 0.1) is 0 Å². The van der Waals surface area contributed by atoms with Crippen LogP contribution in [0.25, 0.3) is 22.2 Å². The zero-order chi connectivity index (χ0) is 24.4. The van der Waals surface area contributed by atoms with Gasteiger partial charge < -0.3 is 15.6 Å². The summed E-state index contributed by atoms with van der Waals surface area (Å²) in [4.78, 5) is 29.0. The molecule has 0 aliphatic heterocycles. The monoisotopic (exact) mass is 471 g/mol. The summed E-state index contributed by atoms with van der Waals surface area (Å²) in [5, 5.41) is 7.36. The number of fused-ring (bicyclic) bond motifs is 1. The maximum absolute atomic E-state index is 12.8. The highest BCUT2D eigenvalue weighted by molar-refractivity contribution is 5.96. The number of aromatic amines is 1. The van der Waals surface area contributed by atoms with Crippen LogP contribution in [0.2, 0.25) is 0 Å². The standard InChI is InChI=1S/C30H37N3O2/c1-19-7-3-5-9-25(19)29(34)31-23-14-11-21(12-15-23)27-17-22-13-16-24(18-28(22)33-27)32-30(35)26-10-6-4-8-20(26)2/h11-20,25-26,33H,3-10H2,1-2H3,(H,31,34)(H,32,35). The van der Waals surface area contributed by atoms with Crippen molar-refractivity contribution in [1.29, 1.82) is 0 Å². The SMILES string of the molecule is CC1CCCCC1C(=O)Nc1ccc(-c2cc3ccc(NC(=O)C4CCCCC4C)cc3[nH]2)cc1. The van der Waals surface area contributed by atoms with Crippen LogP contribution in [0.5, 0.6) is 0 Å². The lowest BCUT2D eigenvalue weighted by Gasteiger charge is -2.27. The molecule has 3 N–H and O–H groups in total. The van der Waals surface area contributed by atoms with Gasteiger partial charge in [0.25, 0.3) is 0 Å². The fourth-order valence-electron chi connectivity index (χ4n) is 5.97. The minimum absolute atomic E-state index is 0.110. The highest BCUT2D eigenvalue weighted by atomic mass is 16.2. The van der Waals surface area contributed by atoms with Crippen LogP contribution in [0, 0.1) is 23.7 Å². The second-order valence-electron chi connectivity index (χ2n) is 10.8. The van der Waals surface area contributed by atoms with Gasteiger partial charge in [-0.2, -0.15) is 0 Å². The minimum atomic E-state index is 0.110. The summed E-state index contributed by atoms with van der Waals surface area (Å²) in [5.74, 6) is 1.42. The van der Waals surface area contributed by atoms with Crippen LogP contribution in [0.4, 0.5) is 11.4 Å². The summed E-state index contributed by atoms with van der Waals surface area (Å²) in [7, 11) is 0. The number of carbonyl (C=O) groups excluding carboxylic acids is 2. The number of H-pyrrole nitrogens is 1. The van der Waals surface area contributed by atoms with E-state index in [1.54, 1.807) is 0 Å². The van der Waals surface area contributed by atoms with Gasteiger partial charge in [-0.05, 0) is 73.4 Å². The predicted octanol–water partition coefficient (Wildman–Crippen LogP) is 7.36. The van der Waals surface area contributed by atoms with Gasteiger partial charge in [0, 0.05) is 39.8 Å². The largest absolute Gasteiger partial charge is 0.354 e. The maximum atomic E-state index is 12.8. The second kappa shape index (κ2) is 10.3. The van der Waals surface area contributed by atoms with Gasteiger partial charge in [-0.3, -0.25) is 9.59 Å². The average Bonchev–Trinajstić information content (AvgIpc) is 3.28. The van der Waals surface area contributed by atoms with Gasteiger partial charge in [-0.15, -0.1) is 0 Å². The Morgan fingerprint density at radius 3 is 1.86 bits per heavy atom. The van der Waals surface area contributed by atoms with E-state index in [9.17, 15) is 9.59 Å². The van der Waals surface area contributed by atoms with Gasteiger partial charge >= 0.3 is 0 Å². The first-order valence-corrected chi connectivity index (χ1v) is 13.3. The number of carbonyl (C=O) groups is 2. The third kappa shape index (κ3) is 5.29. The molecule has 4 atom stereocenters. The van der Waals surface area contributed by atoms with E-state index in [1.165, 1.54) is 12.8 Å². The molecule has 0 spiro atoms. The minimum Gasteiger partial charge on any atom is -0.354 e. The number of anilines is 2. The molecular weight excluding hydrogens is 434 g/mol. The van der Waals surface area contributed by atoms with E-state index in [-0.39, 0.29) is 23.7 Å². The van der Waals surface area contributed by atoms with E-state index in [1.807, 2.05) is 36.4 Å². The fraction of sp³-hybridized carbons (Fsp3) is 0.467. The molecule has 2 fully saturated rings. The van der Waals surface area contributed by atoms with E-state index in [2.05, 4.69) is 41.6 Å². The third-order valence-electron chi connectivity index (χ3n) is 8.25. The molecule has 4 unspecified atom stereocenters. The summed E-state index contributed by atoms with van der Waals surface area (Å²) in [6.45, 7) is 4.38. The molecule has 5 nitrogen and oxygen atoms in total. The normalized spacial score (nSPS) is 24.7. The topological polar surface area (TPSA) is 74.0 Å². The Hall–Kier alpha value is -3.08. The van der Waals surface area contributed by atoms with E-state index in [0.717, 1.165) is 72.1 Å². The lowest BCUT2D eigenvalue weighted by molar-refractivity contribution is -0.123. The van der Waals surface area contributed by atoms with Crippen molar-refractivity contribution in [2.75, 3.05) is 10.6 Å². The first kappa shape index (κ1) is 23.7. The fourth-order valence-corrected chi connectivity index (χ4v) is 5.97. The van der Waals surface area contributed by atoms with Gasteiger partial charge in [0.1, 0.15) is 0 Å². The van der Waals surface area contributed by atoms with Crippen LogP contribution in [0.3, 0.4) is 0 Å².